The highest BCUT2D eigenvalue weighted by Gasteiger charge is 2.06. The summed E-state index contributed by atoms with van der Waals surface area (Å²) in [6, 6.07) is 6.90. The fourth-order valence-corrected chi connectivity index (χ4v) is 1.46. The minimum atomic E-state index is -1.01. The Hall–Kier alpha value is -2.44. The van der Waals surface area contributed by atoms with Crippen molar-refractivity contribution in [3.05, 3.63) is 30.1 Å². The number of nitrogens with zero attached hydrogens (tertiary/aromatic N) is 4. The number of carboxylic acids is 1. The van der Waals surface area contributed by atoms with Crippen LogP contribution in [0.25, 0.3) is 5.69 Å². The smallest absolute Gasteiger partial charge is 0.341 e. The number of benzene rings is 1. The van der Waals surface area contributed by atoms with Crippen molar-refractivity contribution in [2.75, 3.05) is 6.61 Å². The molecule has 2 rings (SSSR count). The number of tetrazole rings is 1. The predicted octanol–water partition coefficient (Wildman–Crippen LogP) is 0.688. The zero-order chi connectivity index (χ0) is 13.0. The highest BCUT2D eigenvalue weighted by Crippen LogP contribution is 2.15. The molecule has 0 bridgehead atoms. The molecule has 0 spiro atoms. The van der Waals surface area contributed by atoms with Crippen LogP contribution < -0.4 is 4.74 Å². The lowest BCUT2D eigenvalue weighted by atomic mass is 10.3. The number of carboxylic acid groups (broad SMARTS) is 1. The van der Waals surface area contributed by atoms with Gasteiger partial charge in [-0.3, -0.25) is 0 Å². The molecule has 2 aromatic rings. The Morgan fingerprint density at radius 3 is 2.72 bits per heavy atom. The number of ether oxygens (including phenoxy) is 1. The van der Waals surface area contributed by atoms with E-state index in [1.807, 2.05) is 6.92 Å². The molecule has 18 heavy (non-hydrogen) atoms. The molecule has 0 radical (unpaired) electrons. The van der Waals surface area contributed by atoms with Crippen LogP contribution in [0.2, 0.25) is 0 Å². The second-order valence-electron chi connectivity index (χ2n) is 3.54. The van der Waals surface area contributed by atoms with Gasteiger partial charge >= 0.3 is 5.97 Å². The van der Waals surface area contributed by atoms with Gasteiger partial charge in [0.1, 0.15) is 5.75 Å². The molecule has 94 valence electrons. The minimum absolute atomic E-state index is 0.357. The van der Waals surface area contributed by atoms with Gasteiger partial charge in [-0.1, -0.05) is 6.92 Å². The van der Waals surface area contributed by atoms with Gasteiger partial charge in [-0.25, -0.2) is 4.79 Å². The van der Waals surface area contributed by atoms with Gasteiger partial charge in [-0.15, -0.1) is 5.10 Å². The van der Waals surface area contributed by atoms with E-state index in [0.717, 1.165) is 17.9 Å². The van der Waals surface area contributed by atoms with Crippen molar-refractivity contribution in [1.29, 1.82) is 0 Å². The van der Waals surface area contributed by atoms with E-state index < -0.39 is 5.97 Å². The predicted molar refractivity (Wildman–Crippen MR) is 61.7 cm³/mol. The van der Waals surface area contributed by atoms with E-state index in [0.29, 0.717) is 5.75 Å². The fourth-order valence-electron chi connectivity index (χ4n) is 1.46. The van der Waals surface area contributed by atoms with Gasteiger partial charge in [0, 0.05) is 6.42 Å². The highest BCUT2D eigenvalue weighted by atomic mass is 16.5. The monoisotopic (exact) mass is 248 g/mol. The summed E-state index contributed by atoms with van der Waals surface area (Å²) in [6.45, 7) is 1.61. The molecule has 0 aliphatic rings. The summed E-state index contributed by atoms with van der Waals surface area (Å²) < 4.78 is 6.66. The molecule has 0 amide bonds. The van der Waals surface area contributed by atoms with Crippen molar-refractivity contribution in [2.24, 2.45) is 0 Å². The number of aliphatic carboxylic acids is 1. The molecule has 0 saturated heterocycles. The molecular formula is C11H12N4O3. The standard InChI is InChI=1S/C11H12N4O3/c1-2-10-12-13-14-15(10)8-3-5-9(6-4-8)18-7-11(16)17/h3-6H,2,7H2,1H3,(H,16,17). The quantitative estimate of drug-likeness (QED) is 0.837. The number of hydrogen-bond acceptors (Lipinski definition) is 5. The Kier molecular flexibility index (Phi) is 3.52. The average Bonchev–Trinajstić information content (AvgIpc) is 2.85. The molecule has 0 aliphatic carbocycles. The molecule has 1 aromatic carbocycles. The third-order valence-electron chi connectivity index (χ3n) is 2.29. The molecule has 0 fully saturated rings. The number of carbonyl (C=O) groups is 1. The van der Waals surface area contributed by atoms with E-state index in [4.69, 9.17) is 9.84 Å². The Morgan fingerprint density at radius 1 is 1.39 bits per heavy atom. The first kappa shape index (κ1) is 12.0. The van der Waals surface area contributed by atoms with Crippen molar-refractivity contribution in [1.82, 2.24) is 20.2 Å². The summed E-state index contributed by atoms with van der Waals surface area (Å²) in [7, 11) is 0. The first-order valence-electron chi connectivity index (χ1n) is 5.43. The maximum absolute atomic E-state index is 10.4. The molecule has 7 nitrogen and oxygen atoms in total. The van der Waals surface area contributed by atoms with Gasteiger partial charge in [-0.2, -0.15) is 4.68 Å². The van der Waals surface area contributed by atoms with E-state index in [-0.39, 0.29) is 6.61 Å². The number of aromatic nitrogens is 4. The summed E-state index contributed by atoms with van der Waals surface area (Å²) in [5.74, 6) is 0.245. The van der Waals surface area contributed by atoms with E-state index in [1.165, 1.54) is 0 Å². The van der Waals surface area contributed by atoms with Crippen LogP contribution in [0.15, 0.2) is 24.3 Å². The molecule has 0 unspecified atom stereocenters. The van der Waals surface area contributed by atoms with Gasteiger partial charge in [0.15, 0.2) is 12.4 Å². The molecule has 0 saturated carbocycles. The van der Waals surface area contributed by atoms with E-state index >= 15 is 0 Å². The Morgan fingerprint density at radius 2 is 2.11 bits per heavy atom. The molecular weight excluding hydrogens is 236 g/mol. The van der Waals surface area contributed by atoms with Crippen LogP contribution in [0.5, 0.6) is 5.75 Å². The minimum Gasteiger partial charge on any atom is -0.482 e. The van der Waals surface area contributed by atoms with Crippen molar-refractivity contribution in [3.8, 4) is 11.4 Å². The lowest BCUT2D eigenvalue weighted by molar-refractivity contribution is -0.139. The topological polar surface area (TPSA) is 90.1 Å². The Labute approximate surface area is 103 Å². The average molecular weight is 248 g/mol. The van der Waals surface area contributed by atoms with Crippen molar-refractivity contribution < 1.29 is 14.6 Å². The normalized spacial score (nSPS) is 10.3. The fraction of sp³-hybridized carbons (Fsp3) is 0.273. The highest BCUT2D eigenvalue weighted by molar-refractivity contribution is 5.68. The number of hydrogen-bond donors (Lipinski definition) is 1. The van der Waals surface area contributed by atoms with Gasteiger partial charge in [0.2, 0.25) is 0 Å². The number of aryl methyl sites for hydroxylation is 1. The summed E-state index contributed by atoms with van der Waals surface area (Å²) >= 11 is 0. The van der Waals surface area contributed by atoms with Crippen LogP contribution in [-0.2, 0) is 11.2 Å². The van der Waals surface area contributed by atoms with Crippen LogP contribution in [0.4, 0.5) is 0 Å². The van der Waals surface area contributed by atoms with Crippen molar-refractivity contribution in [3.63, 3.8) is 0 Å². The summed E-state index contributed by atoms with van der Waals surface area (Å²) in [5, 5.41) is 19.9. The molecule has 0 aliphatic heterocycles. The first-order chi connectivity index (χ1) is 8.70. The van der Waals surface area contributed by atoms with Crippen molar-refractivity contribution >= 4 is 5.97 Å². The van der Waals surface area contributed by atoms with Crippen LogP contribution >= 0.6 is 0 Å². The molecule has 7 heteroatoms. The Balaban J connectivity index is 2.14. The van der Waals surface area contributed by atoms with Crippen LogP contribution in [-0.4, -0.2) is 37.9 Å². The zero-order valence-electron chi connectivity index (χ0n) is 9.78. The molecule has 1 aromatic heterocycles. The maximum Gasteiger partial charge on any atom is 0.341 e. The lowest BCUT2D eigenvalue weighted by Gasteiger charge is -2.05. The molecule has 1 heterocycles. The Bertz CT molecular complexity index is 535. The number of rotatable bonds is 5. The van der Waals surface area contributed by atoms with Gasteiger partial charge in [0.25, 0.3) is 0 Å². The van der Waals surface area contributed by atoms with Crippen molar-refractivity contribution in [2.45, 2.75) is 13.3 Å². The summed E-state index contributed by atoms with van der Waals surface area (Å²) in [4.78, 5) is 10.4. The van der Waals surface area contributed by atoms with Crippen LogP contribution in [0.1, 0.15) is 12.7 Å². The van der Waals surface area contributed by atoms with Gasteiger partial charge in [0.05, 0.1) is 5.69 Å². The van der Waals surface area contributed by atoms with E-state index in [2.05, 4.69) is 15.5 Å². The van der Waals surface area contributed by atoms with Crippen LogP contribution in [0.3, 0.4) is 0 Å². The SMILES string of the molecule is CCc1nnnn1-c1ccc(OCC(=O)O)cc1. The maximum atomic E-state index is 10.4. The molecule has 1 N–H and O–H groups in total. The van der Waals surface area contributed by atoms with E-state index in [9.17, 15) is 4.79 Å². The van der Waals surface area contributed by atoms with Crippen LogP contribution in [0, 0.1) is 0 Å². The largest absolute Gasteiger partial charge is 0.482 e. The third kappa shape index (κ3) is 2.62. The lowest BCUT2D eigenvalue weighted by Crippen LogP contribution is -2.09. The second kappa shape index (κ2) is 5.26. The third-order valence-corrected chi connectivity index (χ3v) is 2.29. The summed E-state index contributed by atoms with van der Waals surface area (Å²) in [5.41, 5.74) is 0.805. The van der Waals surface area contributed by atoms with Gasteiger partial charge in [-0.05, 0) is 34.7 Å². The zero-order valence-corrected chi connectivity index (χ0v) is 9.78. The van der Waals surface area contributed by atoms with E-state index in [1.54, 1.807) is 28.9 Å². The second-order valence-corrected chi connectivity index (χ2v) is 3.54. The summed E-state index contributed by atoms with van der Waals surface area (Å²) in [6.07, 6.45) is 0.726. The first-order valence-corrected chi connectivity index (χ1v) is 5.43. The molecule has 0 atom stereocenters. The van der Waals surface area contributed by atoms with Gasteiger partial charge < -0.3 is 9.84 Å².